The van der Waals surface area contributed by atoms with Gasteiger partial charge in [-0.3, -0.25) is 0 Å². The largest absolute Gasteiger partial charge is 0.421 e. The van der Waals surface area contributed by atoms with Gasteiger partial charge in [0.15, 0.2) is 0 Å². The Morgan fingerprint density at radius 3 is 1.59 bits per heavy atom. The topological polar surface area (TPSA) is 149 Å². The minimum Gasteiger partial charge on any atom is -0.421 e. The van der Waals surface area contributed by atoms with E-state index in [0.717, 1.165) is 12.2 Å². The van der Waals surface area contributed by atoms with Gasteiger partial charge in [-0.1, -0.05) is 19.7 Å². The maximum absolute atomic E-state index is 11.9. The van der Waals surface area contributed by atoms with Crippen LogP contribution in [0, 0.1) is 5.41 Å². The molecule has 152 valence electrons. The van der Waals surface area contributed by atoms with E-state index in [-0.39, 0.29) is 6.61 Å². The van der Waals surface area contributed by atoms with E-state index in [9.17, 15) is 29.7 Å². The molecule has 0 amide bonds. The Hall–Kier alpha value is -2.53. The van der Waals surface area contributed by atoms with Gasteiger partial charge in [0.2, 0.25) is 0 Å². The lowest BCUT2D eigenvalue weighted by molar-refractivity contribution is -0.374. The van der Waals surface area contributed by atoms with Crippen molar-refractivity contribution < 1.29 is 48.7 Å². The number of ether oxygens (including phenoxy) is 4. The van der Waals surface area contributed by atoms with Crippen LogP contribution >= 0.6 is 0 Å². The van der Waals surface area contributed by atoms with Gasteiger partial charge in [0.1, 0.15) is 5.41 Å². The molecule has 0 saturated heterocycles. The van der Waals surface area contributed by atoms with Crippen LogP contribution in [0.15, 0.2) is 38.0 Å². The van der Waals surface area contributed by atoms with E-state index in [4.69, 9.17) is 18.9 Å². The molecule has 0 spiro atoms. The first-order valence-corrected chi connectivity index (χ1v) is 7.74. The summed E-state index contributed by atoms with van der Waals surface area (Å²) in [6, 6.07) is 0. The van der Waals surface area contributed by atoms with Gasteiger partial charge in [0, 0.05) is 24.8 Å². The van der Waals surface area contributed by atoms with E-state index in [1.54, 1.807) is 0 Å². The summed E-state index contributed by atoms with van der Waals surface area (Å²) in [7, 11) is 0. The molecule has 1 unspecified atom stereocenters. The van der Waals surface area contributed by atoms with Gasteiger partial charge in [0.05, 0.1) is 19.8 Å². The van der Waals surface area contributed by atoms with Crippen LogP contribution in [0.2, 0.25) is 0 Å². The zero-order valence-corrected chi connectivity index (χ0v) is 15.0. The van der Waals surface area contributed by atoms with Crippen molar-refractivity contribution in [1.29, 1.82) is 0 Å². The molecule has 0 aliphatic heterocycles. The van der Waals surface area contributed by atoms with E-state index < -0.39 is 55.2 Å². The van der Waals surface area contributed by atoms with Crippen molar-refractivity contribution in [2.75, 3.05) is 26.4 Å². The van der Waals surface area contributed by atoms with Crippen LogP contribution in [0.4, 0.5) is 0 Å². The average Bonchev–Trinajstić information content (AvgIpc) is 2.68. The maximum Gasteiger partial charge on any atom is 0.333 e. The van der Waals surface area contributed by atoms with Crippen molar-refractivity contribution in [2.24, 2.45) is 5.41 Å². The van der Waals surface area contributed by atoms with Crippen LogP contribution < -0.4 is 0 Å². The number of aliphatic hydroxyl groups excluding tert-OH is 3. The van der Waals surface area contributed by atoms with Gasteiger partial charge in [-0.2, -0.15) is 0 Å². The number of carbonyl (C=O) groups excluding carboxylic acids is 3. The van der Waals surface area contributed by atoms with Crippen molar-refractivity contribution in [2.45, 2.75) is 19.0 Å². The third-order valence-corrected chi connectivity index (χ3v) is 3.51. The molecule has 0 fully saturated rings. The third-order valence-electron chi connectivity index (χ3n) is 3.51. The summed E-state index contributed by atoms with van der Waals surface area (Å²) in [6.07, 6.45) is 0.00842. The van der Waals surface area contributed by atoms with Gasteiger partial charge in [-0.25, -0.2) is 14.4 Å². The van der Waals surface area contributed by atoms with Gasteiger partial charge < -0.3 is 34.3 Å². The highest BCUT2D eigenvalue weighted by atomic mass is 16.8. The minimum atomic E-state index is -2.64. The summed E-state index contributed by atoms with van der Waals surface area (Å²) in [5.74, 6) is -6.00. The first kappa shape index (κ1) is 24.5. The van der Waals surface area contributed by atoms with Crippen molar-refractivity contribution in [3.8, 4) is 0 Å². The minimum absolute atomic E-state index is 0.236. The second kappa shape index (κ2) is 11.2. The van der Waals surface area contributed by atoms with Gasteiger partial charge in [0.25, 0.3) is 0 Å². The highest BCUT2D eigenvalue weighted by Crippen LogP contribution is 2.41. The van der Waals surface area contributed by atoms with Crippen LogP contribution in [-0.2, 0) is 33.3 Å². The molecule has 0 aromatic heterocycles. The normalized spacial score (nSPS) is 13.2. The predicted octanol–water partition coefficient (Wildman–Crippen LogP) is -0.804. The lowest BCUT2D eigenvalue weighted by atomic mass is 9.80. The fourth-order valence-corrected chi connectivity index (χ4v) is 2.03. The van der Waals surface area contributed by atoms with E-state index in [1.165, 1.54) is 6.92 Å². The SMILES string of the molecule is C=CC(=O)OC(OC(=O)C=C)C(OCC)(OC(=O)C=C)C(CO)(CO)CO. The summed E-state index contributed by atoms with van der Waals surface area (Å²) in [5.41, 5.74) is -2.16. The zero-order valence-electron chi connectivity index (χ0n) is 15.0. The molecule has 0 rings (SSSR count). The molecule has 0 aliphatic rings. The molecule has 10 nitrogen and oxygen atoms in total. The Balaban J connectivity index is 6.68. The molecule has 0 heterocycles. The molecular formula is C17H24O10. The standard InChI is InChI=1S/C17H24O10/c1-5-12(21)25-15(26-13(22)6-2)17(24-8-4,27-14(23)7-3)16(9-18,10-19)11-20/h5-7,15,18-20H,1-3,8-11H2,4H3. The third kappa shape index (κ3) is 5.47. The number of carbonyl (C=O) groups is 3. The maximum atomic E-state index is 11.9. The number of hydrogen-bond donors (Lipinski definition) is 3. The predicted molar refractivity (Wildman–Crippen MR) is 90.7 cm³/mol. The Morgan fingerprint density at radius 2 is 1.30 bits per heavy atom. The molecule has 0 bridgehead atoms. The van der Waals surface area contributed by atoms with E-state index in [2.05, 4.69) is 19.7 Å². The second-order valence-corrected chi connectivity index (χ2v) is 5.09. The Bertz CT molecular complexity index is 536. The highest BCUT2D eigenvalue weighted by Gasteiger charge is 2.64. The van der Waals surface area contributed by atoms with Crippen LogP contribution in [0.5, 0.6) is 0 Å². The molecule has 0 aromatic carbocycles. The van der Waals surface area contributed by atoms with Crippen molar-refractivity contribution in [3.05, 3.63) is 38.0 Å². The quantitative estimate of drug-likeness (QED) is 0.208. The number of esters is 3. The van der Waals surface area contributed by atoms with Gasteiger partial charge >= 0.3 is 30.0 Å². The molecule has 0 aliphatic carbocycles. The Labute approximate surface area is 156 Å². The molecule has 0 radical (unpaired) electrons. The molecule has 10 heteroatoms. The number of aliphatic hydroxyl groups is 3. The highest BCUT2D eigenvalue weighted by molar-refractivity contribution is 5.84. The molecule has 0 saturated carbocycles. The lowest BCUT2D eigenvalue weighted by Crippen LogP contribution is -2.67. The first-order chi connectivity index (χ1) is 12.8. The fourth-order valence-electron chi connectivity index (χ4n) is 2.03. The lowest BCUT2D eigenvalue weighted by Gasteiger charge is -2.47. The monoisotopic (exact) mass is 388 g/mol. The van der Waals surface area contributed by atoms with Crippen molar-refractivity contribution in [1.82, 2.24) is 0 Å². The molecule has 27 heavy (non-hydrogen) atoms. The summed E-state index contributed by atoms with van der Waals surface area (Å²) >= 11 is 0. The van der Waals surface area contributed by atoms with Crippen LogP contribution in [0.3, 0.4) is 0 Å². The van der Waals surface area contributed by atoms with E-state index in [0.29, 0.717) is 6.08 Å². The number of hydrogen-bond acceptors (Lipinski definition) is 10. The van der Waals surface area contributed by atoms with Crippen LogP contribution in [0.1, 0.15) is 6.92 Å². The van der Waals surface area contributed by atoms with E-state index in [1.807, 2.05) is 0 Å². The number of rotatable bonds is 13. The molecule has 3 N–H and O–H groups in total. The van der Waals surface area contributed by atoms with Gasteiger partial charge in [-0.15, -0.1) is 0 Å². The summed E-state index contributed by atoms with van der Waals surface area (Å²) in [6.45, 7) is 7.75. The van der Waals surface area contributed by atoms with Crippen LogP contribution in [-0.4, -0.2) is 71.7 Å². The zero-order chi connectivity index (χ0) is 21.1. The Kier molecular flexibility index (Phi) is 10.2. The van der Waals surface area contributed by atoms with Gasteiger partial charge in [-0.05, 0) is 6.92 Å². The summed E-state index contributed by atoms with van der Waals surface area (Å²) in [5, 5.41) is 29.5. The first-order valence-electron chi connectivity index (χ1n) is 7.74. The van der Waals surface area contributed by atoms with Crippen LogP contribution in [0.25, 0.3) is 0 Å². The molecule has 0 aromatic rings. The smallest absolute Gasteiger partial charge is 0.333 e. The fraction of sp³-hybridized carbons (Fsp3) is 0.471. The second-order valence-electron chi connectivity index (χ2n) is 5.09. The van der Waals surface area contributed by atoms with Crippen molar-refractivity contribution in [3.63, 3.8) is 0 Å². The summed E-state index contributed by atoms with van der Waals surface area (Å²) < 4.78 is 20.4. The Morgan fingerprint density at radius 1 is 0.889 bits per heavy atom. The molecular weight excluding hydrogens is 364 g/mol. The summed E-state index contributed by atoms with van der Waals surface area (Å²) in [4.78, 5) is 35.4. The average molecular weight is 388 g/mol. The molecule has 1 atom stereocenters. The van der Waals surface area contributed by atoms with Crippen molar-refractivity contribution >= 4 is 17.9 Å². The van der Waals surface area contributed by atoms with E-state index >= 15 is 0 Å².